The molecule has 0 amide bonds. The highest BCUT2D eigenvalue weighted by Crippen LogP contribution is 2.64. The van der Waals surface area contributed by atoms with Crippen molar-refractivity contribution in [3.05, 3.63) is 35.4 Å². The molecule has 2 atom stereocenters. The number of nitrogens with one attached hydrogen (secondary N) is 1. The van der Waals surface area contributed by atoms with Crippen molar-refractivity contribution in [1.82, 2.24) is 5.32 Å². The van der Waals surface area contributed by atoms with Crippen molar-refractivity contribution < 1.29 is 8.78 Å². The van der Waals surface area contributed by atoms with Crippen molar-refractivity contribution in [3.63, 3.8) is 0 Å². The van der Waals surface area contributed by atoms with Gasteiger partial charge in [-0.15, -0.1) is 0 Å². The molecule has 1 aromatic rings. The number of hydrogen-bond donors (Lipinski definition) is 1. The van der Waals surface area contributed by atoms with Crippen LogP contribution in [0.3, 0.4) is 0 Å². The topological polar surface area (TPSA) is 12.0 Å². The molecular weight excluding hydrogens is 232 g/mol. The predicted molar refractivity (Wildman–Crippen MR) is 69.5 cm³/mol. The Bertz CT molecular complexity index is 440. The SMILES string of the molecule is CC(C)NCC1C(c2cccc(F)c2F)C1(C)C. The molecule has 1 fully saturated rings. The highest BCUT2D eigenvalue weighted by atomic mass is 19.2. The number of hydrogen-bond acceptors (Lipinski definition) is 1. The lowest BCUT2D eigenvalue weighted by Crippen LogP contribution is -2.26. The van der Waals surface area contributed by atoms with E-state index in [2.05, 4.69) is 33.0 Å². The van der Waals surface area contributed by atoms with E-state index in [1.165, 1.54) is 6.07 Å². The molecule has 2 rings (SSSR count). The third kappa shape index (κ3) is 2.28. The van der Waals surface area contributed by atoms with Gasteiger partial charge in [-0.3, -0.25) is 0 Å². The van der Waals surface area contributed by atoms with Gasteiger partial charge in [-0.1, -0.05) is 39.8 Å². The highest BCUT2D eigenvalue weighted by molar-refractivity contribution is 5.33. The van der Waals surface area contributed by atoms with E-state index in [1.807, 2.05) is 0 Å². The Labute approximate surface area is 108 Å². The first-order valence-electron chi connectivity index (χ1n) is 6.53. The van der Waals surface area contributed by atoms with Crippen molar-refractivity contribution in [2.24, 2.45) is 11.3 Å². The van der Waals surface area contributed by atoms with Gasteiger partial charge in [-0.2, -0.15) is 0 Å². The van der Waals surface area contributed by atoms with Gasteiger partial charge < -0.3 is 5.32 Å². The number of benzene rings is 1. The van der Waals surface area contributed by atoms with Crippen molar-refractivity contribution in [2.45, 2.75) is 39.7 Å². The van der Waals surface area contributed by atoms with Crippen LogP contribution in [-0.2, 0) is 0 Å². The van der Waals surface area contributed by atoms with Crippen LogP contribution < -0.4 is 5.32 Å². The minimum atomic E-state index is -0.745. The molecule has 18 heavy (non-hydrogen) atoms. The lowest BCUT2D eigenvalue weighted by atomic mass is 10.0. The summed E-state index contributed by atoms with van der Waals surface area (Å²) in [6, 6.07) is 4.89. The smallest absolute Gasteiger partial charge is 0.162 e. The molecule has 0 heterocycles. The van der Waals surface area contributed by atoms with E-state index in [1.54, 1.807) is 12.1 Å². The molecule has 0 bridgehead atoms. The van der Waals surface area contributed by atoms with Crippen LogP contribution in [0.25, 0.3) is 0 Å². The van der Waals surface area contributed by atoms with Gasteiger partial charge in [0, 0.05) is 6.04 Å². The molecule has 1 aromatic carbocycles. The van der Waals surface area contributed by atoms with Crippen molar-refractivity contribution >= 4 is 0 Å². The molecule has 3 heteroatoms. The Morgan fingerprint density at radius 2 is 1.94 bits per heavy atom. The second-order valence-electron chi connectivity index (χ2n) is 6.11. The van der Waals surface area contributed by atoms with Gasteiger partial charge in [0.25, 0.3) is 0 Å². The average molecular weight is 253 g/mol. The molecule has 0 radical (unpaired) electrons. The second kappa shape index (κ2) is 4.61. The fourth-order valence-electron chi connectivity index (χ4n) is 2.87. The third-order valence-electron chi connectivity index (χ3n) is 4.11. The van der Waals surface area contributed by atoms with E-state index >= 15 is 0 Å². The maximum atomic E-state index is 13.8. The monoisotopic (exact) mass is 253 g/mol. The maximum absolute atomic E-state index is 13.8. The lowest BCUT2D eigenvalue weighted by molar-refractivity contribution is 0.488. The van der Waals surface area contributed by atoms with E-state index < -0.39 is 11.6 Å². The fourth-order valence-corrected chi connectivity index (χ4v) is 2.87. The van der Waals surface area contributed by atoms with Crippen LogP contribution in [0, 0.1) is 23.0 Å². The van der Waals surface area contributed by atoms with Gasteiger partial charge in [0.1, 0.15) is 0 Å². The van der Waals surface area contributed by atoms with Crippen molar-refractivity contribution in [3.8, 4) is 0 Å². The Hall–Kier alpha value is -0.960. The zero-order valence-electron chi connectivity index (χ0n) is 11.4. The summed E-state index contributed by atoms with van der Waals surface area (Å²) in [7, 11) is 0. The Balaban J connectivity index is 2.17. The summed E-state index contributed by atoms with van der Waals surface area (Å²) in [6.45, 7) is 9.27. The molecule has 2 unspecified atom stereocenters. The molecule has 0 saturated heterocycles. The summed E-state index contributed by atoms with van der Waals surface area (Å²) in [5.41, 5.74) is 0.562. The summed E-state index contributed by atoms with van der Waals surface area (Å²) in [5, 5.41) is 3.38. The zero-order valence-corrected chi connectivity index (χ0v) is 11.4. The maximum Gasteiger partial charge on any atom is 0.162 e. The Morgan fingerprint density at radius 1 is 1.28 bits per heavy atom. The van der Waals surface area contributed by atoms with Crippen LogP contribution in [0.15, 0.2) is 18.2 Å². The Kier molecular flexibility index (Phi) is 3.45. The van der Waals surface area contributed by atoms with E-state index in [0.29, 0.717) is 17.5 Å². The number of rotatable bonds is 4. The van der Waals surface area contributed by atoms with Gasteiger partial charge in [0.2, 0.25) is 0 Å². The molecule has 1 nitrogen and oxygen atoms in total. The van der Waals surface area contributed by atoms with Crippen LogP contribution in [0.5, 0.6) is 0 Å². The lowest BCUT2D eigenvalue weighted by Gasteiger charge is -2.08. The second-order valence-corrected chi connectivity index (χ2v) is 6.11. The van der Waals surface area contributed by atoms with E-state index in [4.69, 9.17) is 0 Å². The van der Waals surface area contributed by atoms with E-state index in [9.17, 15) is 8.78 Å². The van der Waals surface area contributed by atoms with Gasteiger partial charge in [0.05, 0.1) is 0 Å². The summed E-state index contributed by atoms with van der Waals surface area (Å²) < 4.78 is 27.1. The van der Waals surface area contributed by atoms with Gasteiger partial charge in [-0.05, 0) is 35.4 Å². The molecule has 0 spiro atoms. The quantitative estimate of drug-likeness (QED) is 0.862. The van der Waals surface area contributed by atoms with Crippen LogP contribution >= 0.6 is 0 Å². The van der Waals surface area contributed by atoms with Crippen molar-refractivity contribution in [1.29, 1.82) is 0 Å². The first-order chi connectivity index (χ1) is 8.35. The summed E-state index contributed by atoms with van der Waals surface area (Å²) in [4.78, 5) is 0. The molecule has 1 N–H and O–H groups in total. The fraction of sp³-hybridized carbons (Fsp3) is 0.600. The molecule has 0 aliphatic heterocycles. The van der Waals surface area contributed by atoms with Gasteiger partial charge >= 0.3 is 0 Å². The highest BCUT2D eigenvalue weighted by Gasteiger charge is 2.58. The van der Waals surface area contributed by atoms with Crippen LogP contribution in [0.1, 0.15) is 39.2 Å². The normalized spacial score (nSPS) is 25.5. The molecule has 1 saturated carbocycles. The molecule has 0 aromatic heterocycles. The van der Waals surface area contributed by atoms with E-state index in [0.717, 1.165) is 6.54 Å². The standard InChI is InChI=1S/C15H21F2N/c1-9(2)18-8-11-13(15(11,3)4)10-6-5-7-12(16)14(10)17/h5-7,9,11,13,18H,8H2,1-4H3. The van der Waals surface area contributed by atoms with E-state index in [-0.39, 0.29) is 11.3 Å². The van der Waals surface area contributed by atoms with Gasteiger partial charge in [0.15, 0.2) is 11.6 Å². The first-order valence-corrected chi connectivity index (χ1v) is 6.53. The predicted octanol–water partition coefficient (Wildman–Crippen LogP) is 3.70. The molecule has 1 aliphatic rings. The van der Waals surface area contributed by atoms with Crippen LogP contribution in [0.4, 0.5) is 8.78 Å². The van der Waals surface area contributed by atoms with Crippen LogP contribution in [0.2, 0.25) is 0 Å². The van der Waals surface area contributed by atoms with Crippen molar-refractivity contribution in [2.75, 3.05) is 6.54 Å². The minimum absolute atomic E-state index is 0.0382. The molecule has 1 aliphatic carbocycles. The largest absolute Gasteiger partial charge is 0.314 e. The first kappa shape index (κ1) is 13.5. The molecular formula is C15H21F2N. The summed E-state index contributed by atoms with van der Waals surface area (Å²) in [5.74, 6) is -0.941. The zero-order chi connectivity index (χ0) is 13.5. The van der Waals surface area contributed by atoms with Gasteiger partial charge in [-0.25, -0.2) is 8.78 Å². The third-order valence-corrected chi connectivity index (χ3v) is 4.11. The summed E-state index contributed by atoms with van der Waals surface area (Å²) >= 11 is 0. The van der Waals surface area contributed by atoms with Crippen LogP contribution in [-0.4, -0.2) is 12.6 Å². The average Bonchev–Trinajstić information content (AvgIpc) is 2.81. The minimum Gasteiger partial charge on any atom is -0.314 e. The number of halogens is 2. The Morgan fingerprint density at radius 3 is 2.56 bits per heavy atom. The summed E-state index contributed by atoms with van der Waals surface area (Å²) in [6.07, 6.45) is 0. The molecule has 100 valence electrons.